The average Bonchev–Trinajstić information content (AvgIpc) is 3.11. The molecule has 2 aromatic rings. The van der Waals surface area contributed by atoms with Crippen LogP contribution in [0.1, 0.15) is 23.8 Å². The average molecular weight is 382 g/mol. The van der Waals surface area contributed by atoms with E-state index in [-0.39, 0.29) is 30.2 Å². The molecule has 2 aliphatic heterocycles. The summed E-state index contributed by atoms with van der Waals surface area (Å²) < 4.78 is 0. The molecule has 0 radical (unpaired) electrons. The second kappa shape index (κ2) is 7.43. The lowest BCUT2D eigenvalue weighted by Gasteiger charge is -2.35. The lowest BCUT2D eigenvalue weighted by atomic mass is 10.1. The van der Waals surface area contributed by atoms with Crippen LogP contribution in [0.2, 0.25) is 0 Å². The first kappa shape index (κ1) is 18.2. The highest BCUT2D eigenvalue weighted by Crippen LogP contribution is 2.39. The number of anilines is 3. The highest BCUT2D eigenvalue weighted by Gasteiger charge is 2.40. The number of nitrogens with one attached hydrogen (secondary N) is 2. The summed E-state index contributed by atoms with van der Waals surface area (Å²) in [5.74, 6) is 0.536. The lowest BCUT2D eigenvalue weighted by molar-refractivity contribution is 0.0919. The standard InChI is InChI=1S/C19H22N6O3/c1-12(26)10-21-18(27)14-5-6-15-17(22-14)25(13-7-9-24(15)11-13)19(28)23-16-4-2-3-8-20-16/h2-6,8,12-13,26H,7,9-11H2,1H3,(H,21,27)(H,20,23,28)/t12?,13-/m0/s1. The molecule has 2 bridgehead atoms. The Kier molecular flexibility index (Phi) is 4.82. The maximum absolute atomic E-state index is 13.0. The number of hydrogen-bond donors (Lipinski definition) is 3. The van der Waals surface area contributed by atoms with Gasteiger partial charge in [0.1, 0.15) is 11.5 Å². The van der Waals surface area contributed by atoms with Gasteiger partial charge in [0, 0.05) is 25.8 Å². The van der Waals surface area contributed by atoms with Crippen LogP contribution in [0.4, 0.5) is 22.1 Å². The third kappa shape index (κ3) is 3.48. The molecule has 1 unspecified atom stereocenters. The van der Waals surface area contributed by atoms with Crippen molar-refractivity contribution < 1.29 is 14.7 Å². The molecule has 0 aromatic carbocycles. The summed E-state index contributed by atoms with van der Waals surface area (Å²) in [6.07, 6.45) is 1.79. The summed E-state index contributed by atoms with van der Waals surface area (Å²) in [4.78, 5) is 37.8. The van der Waals surface area contributed by atoms with Crippen LogP contribution >= 0.6 is 0 Å². The van der Waals surface area contributed by atoms with Crippen LogP contribution in [0, 0.1) is 0 Å². The molecule has 0 aliphatic carbocycles. The van der Waals surface area contributed by atoms with Crippen LogP contribution in [-0.4, -0.2) is 58.8 Å². The molecule has 9 heteroatoms. The summed E-state index contributed by atoms with van der Waals surface area (Å²) in [6.45, 7) is 3.30. The van der Waals surface area contributed by atoms with Gasteiger partial charge in [-0.05, 0) is 37.6 Å². The van der Waals surface area contributed by atoms with Gasteiger partial charge in [-0.3, -0.25) is 15.0 Å². The Balaban J connectivity index is 1.63. The fourth-order valence-electron chi connectivity index (χ4n) is 3.54. The Morgan fingerprint density at radius 2 is 2.18 bits per heavy atom. The third-order valence-electron chi connectivity index (χ3n) is 4.86. The van der Waals surface area contributed by atoms with Crippen molar-refractivity contribution in [3.05, 3.63) is 42.2 Å². The number of nitrogens with zero attached hydrogens (tertiary/aromatic N) is 4. The Bertz CT molecular complexity index is 888. The van der Waals surface area contributed by atoms with Crippen LogP contribution in [0.3, 0.4) is 0 Å². The van der Waals surface area contributed by atoms with Gasteiger partial charge < -0.3 is 15.3 Å². The summed E-state index contributed by atoms with van der Waals surface area (Å²) in [5, 5.41) is 14.8. The fraction of sp³-hybridized carbons (Fsp3) is 0.368. The molecule has 3 N–H and O–H groups in total. The normalized spacial score (nSPS) is 18.4. The lowest BCUT2D eigenvalue weighted by Crippen LogP contribution is -2.48. The minimum atomic E-state index is -0.649. The molecule has 2 aliphatic rings. The molecule has 146 valence electrons. The largest absolute Gasteiger partial charge is 0.392 e. The van der Waals surface area contributed by atoms with Gasteiger partial charge in [0.15, 0.2) is 5.82 Å². The fourth-order valence-corrected chi connectivity index (χ4v) is 3.54. The Labute approximate surface area is 162 Å². The summed E-state index contributed by atoms with van der Waals surface area (Å²) >= 11 is 0. The predicted molar refractivity (Wildman–Crippen MR) is 105 cm³/mol. The molecular formula is C19H22N6O3. The maximum Gasteiger partial charge on any atom is 0.329 e. The predicted octanol–water partition coefficient (Wildman–Crippen LogP) is 1.22. The van der Waals surface area contributed by atoms with Gasteiger partial charge >= 0.3 is 6.03 Å². The Morgan fingerprint density at radius 1 is 1.32 bits per heavy atom. The van der Waals surface area contributed by atoms with Crippen molar-refractivity contribution in [2.75, 3.05) is 34.8 Å². The third-order valence-corrected chi connectivity index (χ3v) is 4.86. The molecule has 1 fully saturated rings. The number of pyridine rings is 2. The minimum Gasteiger partial charge on any atom is -0.392 e. The molecule has 3 amide bonds. The summed E-state index contributed by atoms with van der Waals surface area (Å²) in [6, 6.07) is 8.43. The van der Waals surface area contributed by atoms with Crippen LogP contribution in [-0.2, 0) is 0 Å². The number of carbonyl (C=O) groups is 2. The van der Waals surface area contributed by atoms with Gasteiger partial charge in [0.05, 0.1) is 17.8 Å². The van der Waals surface area contributed by atoms with Gasteiger partial charge in [-0.2, -0.15) is 0 Å². The molecule has 9 nitrogen and oxygen atoms in total. The highest BCUT2D eigenvalue weighted by molar-refractivity contribution is 6.05. The van der Waals surface area contributed by atoms with Crippen LogP contribution in [0.25, 0.3) is 0 Å². The van der Waals surface area contributed by atoms with E-state index in [2.05, 4.69) is 25.5 Å². The van der Waals surface area contributed by atoms with Gasteiger partial charge in [0.25, 0.3) is 5.91 Å². The van der Waals surface area contributed by atoms with Crippen molar-refractivity contribution in [3.8, 4) is 0 Å². The topological polar surface area (TPSA) is 111 Å². The van der Waals surface area contributed by atoms with Crippen LogP contribution < -0.4 is 20.4 Å². The van der Waals surface area contributed by atoms with Crippen molar-refractivity contribution in [1.82, 2.24) is 15.3 Å². The van der Waals surface area contributed by atoms with E-state index >= 15 is 0 Å². The number of rotatable bonds is 4. The molecule has 2 atom stereocenters. The molecule has 2 aromatic heterocycles. The van der Waals surface area contributed by atoms with E-state index in [1.165, 1.54) is 0 Å². The Morgan fingerprint density at radius 3 is 2.93 bits per heavy atom. The molecule has 28 heavy (non-hydrogen) atoms. The molecule has 0 spiro atoms. The first-order chi connectivity index (χ1) is 13.5. The van der Waals surface area contributed by atoms with E-state index in [4.69, 9.17) is 0 Å². The zero-order valence-corrected chi connectivity index (χ0v) is 15.5. The van der Waals surface area contributed by atoms with E-state index < -0.39 is 6.10 Å². The number of aliphatic hydroxyl groups excluding tert-OH is 1. The van der Waals surface area contributed by atoms with Crippen molar-refractivity contribution in [3.63, 3.8) is 0 Å². The van der Waals surface area contributed by atoms with Gasteiger partial charge in [-0.15, -0.1) is 0 Å². The number of fused-ring (bicyclic) bond motifs is 4. The molecule has 4 rings (SSSR count). The second-order valence-corrected chi connectivity index (χ2v) is 7.00. The first-order valence-electron chi connectivity index (χ1n) is 9.26. The van der Waals surface area contributed by atoms with Crippen molar-refractivity contribution in [1.29, 1.82) is 0 Å². The van der Waals surface area contributed by atoms with Crippen LogP contribution in [0.5, 0.6) is 0 Å². The minimum absolute atomic E-state index is 0.0144. The number of carbonyl (C=O) groups excluding carboxylic acids is 2. The zero-order valence-electron chi connectivity index (χ0n) is 15.5. The molecule has 4 heterocycles. The summed E-state index contributed by atoms with van der Waals surface area (Å²) in [5.41, 5.74) is 1.04. The second-order valence-electron chi connectivity index (χ2n) is 7.00. The number of aromatic nitrogens is 2. The van der Waals surface area contributed by atoms with E-state index in [0.29, 0.717) is 11.6 Å². The van der Waals surface area contributed by atoms with Crippen molar-refractivity contribution in [2.24, 2.45) is 0 Å². The van der Waals surface area contributed by atoms with Crippen molar-refractivity contribution >= 4 is 29.3 Å². The van der Waals surface area contributed by atoms with Crippen molar-refractivity contribution in [2.45, 2.75) is 25.5 Å². The number of aliphatic hydroxyl groups is 1. The molecule has 0 saturated carbocycles. The van der Waals surface area contributed by atoms with Gasteiger partial charge in [0.2, 0.25) is 0 Å². The van der Waals surface area contributed by atoms with Crippen LogP contribution in [0.15, 0.2) is 36.5 Å². The Hall–Kier alpha value is -3.20. The summed E-state index contributed by atoms with van der Waals surface area (Å²) in [7, 11) is 0. The monoisotopic (exact) mass is 382 g/mol. The first-order valence-corrected chi connectivity index (χ1v) is 9.26. The van der Waals surface area contributed by atoms with E-state index in [9.17, 15) is 14.7 Å². The molecule has 1 saturated heterocycles. The zero-order chi connectivity index (χ0) is 19.7. The van der Waals surface area contributed by atoms with E-state index in [1.54, 1.807) is 42.3 Å². The van der Waals surface area contributed by atoms with E-state index in [0.717, 1.165) is 25.2 Å². The number of amides is 3. The quantitative estimate of drug-likeness (QED) is 0.733. The SMILES string of the molecule is CC(O)CNC(=O)c1ccc2c(n1)N(C(=O)Nc1ccccn1)[C@H]1CCN2C1. The maximum atomic E-state index is 13.0. The smallest absolute Gasteiger partial charge is 0.329 e. The number of urea groups is 1. The van der Waals surface area contributed by atoms with Gasteiger partial charge in [-0.25, -0.2) is 14.8 Å². The highest BCUT2D eigenvalue weighted by atomic mass is 16.3. The van der Waals surface area contributed by atoms with E-state index in [1.807, 2.05) is 6.07 Å². The number of hydrogen-bond acceptors (Lipinski definition) is 6. The van der Waals surface area contributed by atoms with Gasteiger partial charge in [-0.1, -0.05) is 6.07 Å². The molecular weight excluding hydrogens is 360 g/mol.